The molecule has 1 amide bonds. The lowest BCUT2D eigenvalue weighted by Crippen LogP contribution is -2.38. The second-order valence-electron chi connectivity index (χ2n) is 6.48. The van der Waals surface area contributed by atoms with Crippen LogP contribution in [0.15, 0.2) is 10.6 Å². The lowest BCUT2D eigenvalue weighted by atomic mass is 10.1. The van der Waals surface area contributed by atoms with Crippen LogP contribution in [0.2, 0.25) is 0 Å². The predicted molar refractivity (Wildman–Crippen MR) is 78.2 cm³/mol. The van der Waals surface area contributed by atoms with Crippen LogP contribution in [0.1, 0.15) is 42.9 Å². The molecule has 0 aliphatic carbocycles. The largest absolute Gasteiger partial charge is 0.401 e. The molecule has 8 heteroatoms. The predicted octanol–water partition coefficient (Wildman–Crippen LogP) is 2.75. The van der Waals surface area contributed by atoms with Gasteiger partial charge in [-0.1, -0.05) is 25.9 Å². The van der Waals surface area contributed by atoms with Crippen LogP contribution in [0.25, 0.3) is 0 Å². The molecule has 1 aromatic heterocycles. The van der Waals surface area contributed by atoms with Gasteiger partial charge in [-0.15, -0.1) is 0 Å². The van der Waals surface area contributed by atoms with E-state index in [-0.39, 0.29) is 36.5 Å². The Balaban J connectivity index is 2.03. The van der Waals surface area contributed by atoms with E-state index in [1.165, 1.54) is 4.90 Å². The molecule has 2 heterocycles. The fraction of sp³-hybridized carbons (Fsp3) is 0.733. The molecule has 0 radical (unpaired) electrons. The zero-order chi connectivity index (χ0) is 17.2. The Morgan fingerprint density at radius 1 is 1.39 bits per heavy atom. The quantitative estimate of drug-likeness (QED) is 0.853. The minimum atomic E-state index is -4.23. The molecular formula is C15H22F3N3O2. The highest BCUT2D eigenvalue weighted by molar-refractivity contribution is 5.92. The highest BCUT2D eigenvalue weighted by Crippen LogP contribution is 2.20. The van der Waals surface area contributed by atoms with E-state index in [1.807, 2.05) is 20.8 Å². The molecule has 1 aromatic rings. The maximum absolute atomic E-state index is 12.6. The third-order valence-electron chi connectivity index (χ3n) is 3.79. The molecule has 1 fully saturated rings. The number of hydrogen-bond donors (Lipinski definition) is 0. The Morgan fingerprint density at radius 3 is 2.65 bits per heavy atom. The van der Waals surface area contributed by atoms with Crippen molar-refractivity contribution < 1.29 is 22.5 Å². The summed E-state index contributed by atoms with van der Waals surface area (Å²) in [6.45, 7) is 5.94. The molecule has 0 bridgehead atoms. The second kappa shape index (κ2) is 6.90. The first-order valence-corrected chi connectivity index (χ1v) is 7.70. The first-order chi connectivity index (χ1) is 10.7. The molecule has 23 heavy (non-hydrogen) atoms. The van der Waals surface area contributed by atoms with Crippen LogP contribution in [-0.2, 0) is 0 Å². The Morgan fingerprint density at radius 2 is 2.09 bits per heavy atom. The standard InChI is InChI=1S/C15H22F3N3O2/c1-10(2)13-6-12(19-23-13)14(22)21-5-4-20(7-11(3)8-21)9-15(16,17)18/h6,10-11H,4-5,7-9H2,1-3H3. The zero-order valence-corrected chi connectivity index (χ0v) is 13.6. The topological polar surface area (TPSA) is 49.6 Å². The monoisotopic (exact) mass is 333 g/mol. The lowest BCUT2D eigenvalue weighted by Gasteiger charge is -2.22. The van der Waals surface area contributed by atoms with Gasteiger partial charge in [-0.05, 0) is 5.92 Å². The molecule has 0 spiro atoms. The van der Waals surface area contributed by atoms with Crippen LogP contribution in [0.3, 0.4) is 0 Å². The number of nitrogens with zero attached hydrogens (tertiary/aromatic N) is 3. The smallest absolute Gasteiger partial charge is 0.360 e. The summed E-state index contributed by atoms with van der Waals surface area (Å²) in [4.78, 5) is 15.4. The molecule has 1 aliphatic rings. The number of alkyl halides is 3. The van der Waals surface area contributed by atoms with Crippen molar-refractivity contribution in [3.63, 3.8) is 0 Å². The fourth-order valence-electron chi connectivity index (χ4n) is 2.73. The van der Waals surface area contributed by atoms with Gasteiger partial charge in [-0.3, -0.25) is 9.69 Å². The van der Waals surface area contributed by atoms with Gasteiger partial charge in [0.15, 0.2) is 5.69 Å². The van der Waals surface area contributed by atoms with Crippen LogP contribution in [0.5, 0.6) is 0 Å². The number of halogens is 3. The van der Waals surface area contributed by atoms with E-state index in [1.54, 1.807) is 11.0 Å². The Bertz CT molecular complexity index is 542. The third-order valence-corrected chi connectivity index (χ3v) is 3.79. The fourth-order valence-corrected chi connectivity index (χ4v) is 2.73. The van der Waals surface area contributed by atoms with Gasteiger partial charge in [-0.25, -0.2) is 0 Å². The van der Waals surface area contributed by atoms with E-state index in [2.05, 4.69) is 5.16 Å². The summed E-state index contributed by atoms with van der Waals surface area (Å²) >= 11 is 0. The highest BCUT2D eigenvalue weighted by atomic mass is 19.4. The number of aromatic nitrogens is 1. The van der Waals surface area contributed by atoms with Crippen molar-refractivity contribution in [1.82, 2.24) is 15.0 Å². The molecule has 1 saturated heterocycles. The summed E-state index contributed by atoms with van der Waals surface area (Å²) in [5.41, 5.74) is 0.213. The molecule has 0 saturated carbocycles. The van der Waals surface area contributed by atoms with E-state index in [4.69, 9.17) is 4.52 Å². The maximum Gasteiger partial charge on any atom is 0.401 e. The normalized spacial score (nSPS) is 20.8. The van der Waals surface area contributed by atoms with Crippen LogP contribution in [0.4, 0.5) is 13.2 Å². The van der Waals surface area contributed by atoms with Crippen LogP contribution < -0.4 is 0 Å². The van der Waals surface area contributed by atoms with Crippen molar-refractivity contribution in [2.75, 3.05) is 32.7 Å². The molecule has 0 N–H and O–H groups in total. The SMILES string of the molecule is CC1CN(CC(F)(F)F)CCN(C(=O)c2cc(C(C)C)on2)C1. The summed E-state index contributed by atoms with van der Waals surface area (Å²) in [6.07, 6.45) is -4.23. The number of rotatable bonds is 3. The van der Waals surface area contributed by atoms with Gasteiger partial charge in [0.25, 0.3) is 5.91 Å². The van der Waals surface area contributed by atoms with E-state index in [0.717, 1.165) is 0 Å². The van der Waals surface area contributed by atoms with Crippen molar-refractivity contribution in [2.45, 2.75) is 32.9 Å². The number of carbonyl (C=O) groups excluding carboxylic acids is 1. The van der Waals surface area contributed by atoms with Crippen molar-refractivity contribution in [3.05, 3.63) is 17.5 Å². The zero-order valence-electron chi connectivity index (χ0n) is 13.6. The molecule has 130 valence electrons. The summed E-state index contributed by atoms with van der Waals surface area (Å²) in [6, 6.07) is 1.61. The van der Waals surface area contributed by atoms with Gasteiger partial charge in [0.1, 0.15) is 5.76 Å². The molecule has 2 rings (SSSR count). The van der Waals surface area contributed by atoms with E-state index in [9.17, 15) is 18.0 Å². The van der Waals surface area contributed by atoms with Crippen molar-refractivity contribution in [1.29, 1.82) is 0 Å². The molecule has 1 unspecified atom stereocenters. The van der Waals surface area contributed by atoms with Gasteiger partial charge in [0.2, 0.25) is 0 Å². The maximum atomic E-state index is 12.6. The van der Waals surface area contributed by atoms with Crippen LogP contribution in [0, 0.1) is 5.92 Å². The van der Waals surface area contributed by atoms with E-state index >= 15 is 0 Å². The minimum Gasteiger partial charge on any atom is -0.360 e. The summed E-state index contributed by atoms with van der Waals surface area (Å²) in [5.74, 6) is 0.408. The van der Waals surface area contributed by atoms with Crippen molar-refractivity contribution in [3.8, 4) is 0 Å². The Kier molecular flexibility index (Phi) is 5.33. The molecular weight excluding hydrogens is 311 g/mol. The number of amides is 1. The van der Waals surface area contributed by atoms with Gasteiger partial charge in [-0.2, -0.15) is 13.2 Å². The third kappa shape index (κ3) is 4.95. The first kappa shape index (κ1) is 17.8. The van der Waals surface area contributed by atoms with Crippen molar-refractivity contribution >= 4 is 5.91 Å². The summed E-state index contributed by atoms with van der Waals surface area (Å²) < 4.78 is 42.8. The van der Waals surface area contributed by atoms with Crippen LogP contribution in [-0.4, -0.2) is 59.8 Å². The summed E-state index contributed by atoms with van der Waals surface area (Å²) in [7, 11) is 0. The Hall–Kier alpha value is -1.57. The van der Waals surface area contributed by atoms with Gasteiger partial charge < -0.3 is 9.42 Å². The average molecular weight is 333 g/mol. The number of hydrogen-bond acceptors (Lipinski definition) is 4. The molecule has 1 atom stereocenters. The summed E-state index contributed by atoms with van der Waals surface area (Å²) in [5, 5.41) is 3.79. The van der Waals surface area contributed by atoms with E-state index < -0.39 is 12.7 Å². The van der Waals surface area contributed by atoms with Gasteiger partial charge in [0.05, 0.1) is 6.54 Å². The van der Waals surface area contributed by atoms with Crippen LogP contribution >= 0.6 is 0 Å². The minimum absolute atomic E-state index is 0.0414. The second-order valence-corrected chi connectivity index (χ2v) is 6.48. The lowest BCUT2D eigenvalue weighted by molar-refractivity contribution is -0.146. The average Bonchev–Trinajstić information content (AvgIpc) is 2.83. The first-order valence-electron chi connectivity index (χ1n) is 7.70. The molecule has 1 aliphatic heterocycles. The molecule has 5 nitrogen and oxygen atoms in total. The van der Waals surface area contributed by atoms with Gasteiger partial charge >= 0.3 is 6.18 Å². The van der Waals surface area contributed by atoms with Crippen molar-refractivity contribution in [2.24, 2.45) is 5.92 Å². The highest BCUT2D eigenvalue weighted by Gasteiger charge is 2.33. The van der Waals surface area contributed by atoms with E-state index in [0.29, 0.717) is 18.8 Å². The van der Waals surface area contributed by atoms with Gasteiger partial charge in [0, 0.05) is 38.2 Å². The molecule has 0 aromatic carbocycles. The Labute approximate surface area is 133 Å². The number of carbonyl (C=O) groups is 1.